The van der Waals surface area contributed by atoms with Gasteiger partial charge in [0.2, 0.25) is 5.91 Å². The van der Waals surface area contributed by atoms with Crippen LogP contribution in [0.1, 0.15) is 82.6 Å². The van der Waals surface area contributed by atoms with Crippen LogP contribution in [0.15, 0.2) is 18.2 Å². The quantitative estimate of drug-likeness (QED) is 0.281. The van der Waals surface area contributed by atoms with Crippen molar-refractivity contribution in [1.82, 2.24) is 14.8 Å². The molecule has 13 heteroatoms. The third-order valence-electron chi connectivity index (χ3n) is 6.64. The predicted octanol–water partition coefficient (Wildman–Crippen LogP) is 6.99. The summed E-state index contributed by atoms with van der Waals surface area (Å²) in [6.45, 7) is 15.5. The summed E-state index contributed by atoms with van der Waals surface area (Å²) in [6, 6.07) is 4.65. The number of rotatable bonds is 7. The molecule has 1 aliphatic rings. The lowest BCUT2D eigenvalue weighted by atomic mass is 10.0. The van der Waals surface area contributed by atoms with Gasteiger partial charge in [0.25, 0.3) is 0 Å². The topological polar surface area (TPSA) is 138 Å². The van der Waals surface area contributed by atoms with E-state index in [2.05, 4.69) is 5.32 Å². The monoisotopic (exact) mass is 644 g/mol. The van der Waals surface area contributed by atoms with Crippen LogP contribution in [0, 0.1) is 0 Å². The molecule has 11 nitrogen and oxygen atoms in total. The van der Waals surface area contributed by atoms with Crippen molar-refractivity contribution in [2.75, 3.05) is 18.4 Å². The zero-order valence-electron chi connectivity index (χ0n) is 26.4. The van der Waals surface area contributed by atoms with Crippen LogP contribution < -0.4 is 5.32 Å². The fraction of sp³-hybridized carbons (Fsp3) is 0.516. The Morgan fingerprint density at radius 1 is 1.07 bits per heavy atom. The SMILES string of the molecule is CC(C)N(CCC(=O)Nc1sc2c(c1-c1nc3cc(C(=O)O)ccc3s1)CCN(C(=O)OC(C)(C)C)C2)C(=O)OC(C)(C)C. The molecule has 0 atom stereocenters. The van der Waals surface area contributed by atoms with Gasteiger partial charge in [-0.2, -0.15) is 0 Å². The summed E-state index contributed by atoms with van der Waals surface area (Å²) in [5.74, 6) is -1.32. The number of fused-ring (bicyclic) bond motifs is 2. The molecule has 0 unspecified atom stereocenters. The van der Waals surface area contributed by atoms with Crippen molar-refractivity contribution in [3.63, 3.8) is 0 Å². The van der Waals surface area contributed by atoms with Crippen molar-refractivity contribution < 1.29 is 33.8 Å². The maximum Gasteiger partial charge on any atom is 0.410 e. The fourth-order valence-corrected chi connectivity index (χ4v) is 7.03. The molecular weight excluding hydrogens is 604 g/mol. The van der Waals surface area contributed by atoms with E-state index in [1.807, 2.05) is 34.6 Å². The third-order valence-corrected chi connectivity index (χ3v) is 8.83. The van der Waals surface area contributed by atoms with Gasteiger partial charge in [-0.3, -0.25) is 4.79 Å². The number of benzene rings is 1. The molecule has 4 rings (SSSR count). The molecule has 3 aromatic rings. The predicted molar refractivity (Wildman–Crippen MR) is 172 cm³/mol. The number of hydrogen-bond donors (Lipinski definition) is 2. The molecule has 0 saturated carbocycles. The molecule has 3 heterocycles. The molecule has 0 saturated heterocycles. The molecular formula is C31H40N4O7S2. The number of carboxylic acid groups (broad SMARTS) is 1. The Bertz CT molecular complexity index is 1580. The van der Waals surface area contributed by atoms with Gasteiger partial charge in [-0.05, 0) is 85.6 Å². The molecule has 1 aliphatic heterocycles. The maximum atomic E-state index is 13.3. The second kappa shape index (κ2) is 12.7. The summed E-state index contributed by atoms with van der Waals surface area (Å²) in [6.07, 6.45) is -0.303. The van der Waals surface area contributed by atoms with Gasteiger partial charge in [-0.15, -0.1) is 22.7 Å². The van der Waals surface area contributed by atoms with Crippen LogP contribution in [0.3, 0.4) is 0 Å². The zero-order chi connectivity index (χ0) is 32.6. The third kappa shape index (κ3) is 8.06. The summed E-state index contributed by atoms with van der Waals surface area (Å²) in [5, 5.41) is 13.7. The fourth-order valence-electron chi connectivity index (χ4n) is 4.66. The van der Waals surface area contributed by atoms with Gasteiger partial charge in [0.1, 0.15) is 21.2 Å². The molecule has 44 heavy (non-hydrogen) atoms. The molecule has 0 fully saturated rings. The molecule has 1 aromatic carbocycles. The second-order valence-electron chi connectivity index (χ2n) is 12.9. The van der Waals surface area contributed by atoms with Gasteiger partial charge in [0.15, 0.2) is 0 Å². The van der Waals surface area contributed by atoms with Crippen molar-refractivity contribution in [3.8, 4) is 10.6 Å². The Balaban J connectivity index is 1.64. The summed E-state index contributed by atoms with van der Waals surface area (Å²) in [5.41, 5.74) is 1.16. The molecule has 2 N–H and O–H groups in total. The lowest BCUT2D eigenvalue weighted by Crippen LogP contribution is -2.42. The highest BCUT2D eigenvalue weighted by molar-refractivity contribution is 7.23. The number of thiophene rings is 1. The highest BCUT2D eigenvalue weighted by Crippen LogP contribution is 2.46. The second-order valence-corrected chi connectivity index (χ2v) is 15.1. The molecule has 3 amide bonds. The van der Waals surface area contributed by atoms with Crippen LogP contribution in [-0.4, -0.2) is 74.3 Å². The normalized spacial score (nSPS) is 13.5. The van der Waals surface area contributed by atoms with Crippen molar-refractivity contribution in [2.24, 2.45) is 0 Å². The highest BCUT2D eigenvalue weighted by Gasteiger charge is 2.32. The van der Waals surface area contributed by atoms with E-state index in [0.29, 0.717) is 35.0 Å². The first kappa shape index (κ1) is 33.2. The van der Waals surface area contributed by atoms with Crippen LogP contribution in [0.4, 0.5) is 14.6 Å². The maximum absolute atomic E-state index is 13.3. The average Bonchev–Trinajstić information content (AvgIpc) is 3.45. The van der Waals surface area contributed by atoms with Crippen LogP contribution in [0.25, 0.3) is 20.8 Å². The van der Waals surface area contributed by atoms with Crippen molar-refractivity contribution >= 4 is 62.0 Å². The summed E-state index contributed by atoms with van der Waals surface area (Å²) in [7, 11) is 0. The smallest absolute Gasteiger partial charge is 0.410 e. The van der Waals surface area contributed by atoms with E-state index in [1.54, 1.807) is 37.8 Å². The number of aromatic nitrogens is 1. The van der Waals surface area contributed by atoms with Crippen molar-refractivity contribution in [3.05, 3.63) is 34.2 Å². The van der Waals surface area contributed by atoms with Gasteiger partial charge >= 0.3 is 18.2 Å². The zero-order valence-corrected chi connectivity index (χ0v) is 28.0. The summed E-state index contributed by atoms with van der Waals surface area (Å²) in [4.78, 5) is 59.3. The molecule has 0 radical (unpaired) electrons. The number of nitrogens with zero attached hydrogens (tertiary/aromatic N) is 3. The van der Waals surface area contributed by atoms with E-state index >= 15 is 0 Å². The van der Waals surface area contributed by atoms with Gasteiger partial charge in [0.05, 0.1) is 22.3 Å². The van der Waals surface area contributed by atoms with E-state index in [4.69, 9.17) is 14.5 Å². The van der Waals surface area contributed by atoms with Crippen LogP contribution in [0.5, 0.6) is 0 Å². The lowest BCUT2D eigenvalue weighted by molar-refractivity contribution is -0.116. The van der Waals surface area contributed by atoms with Crippen molar-refractivity contribution in [1.29, 1.82) is 0 Å². The molecule has 2 aromatic heterocycles. The Morgan fingerprint density at radius 2 is 1.75 bits per heavy atom. The van der Waals surface area contributed by atoms with E-state index in [9.17, 15) is 24.3 Å². The molecule has 238 valence electrons. The Labute approximate surface area is 265 Å². The molecule has 0 bridgehead atoms. The van der Waals surface area contributed by atoms with Crippen molar-refractivity contribution in [2.45, 2.75) is 92.0 Å². The van der Waals surface area contributed by atoms with Crippen LogP contribution in [-0.2, 0) is 27.2 Å². The van der Waals surface area contributed by atoms with Crippen LogP contribution >= 0.6 is 22.7 Å². The molecule has 0 aliphatic carbocycles. The number of hydrogen-bond acceptors (Lipinski definition) is 9. The van der Waals surface area contributed by atoms with Gasteiger partial charge in [0, 0.05) is 36.0 Å². The molecule has 0 spiro atoms. The Hall–Kier alpha value is -3.71. The first-order valence-electron chi connectivity index (χ1n) is 14.5. The number of thiazole rings is 1. The Morgan fingerprint density at radius 3 is 2.36 bits per heavy atom. The number of ether oxygens (including phenoxy) is 2. The van der Waals surface area contributed by atoms with E-state index in [1.165, 1.54) is 33.6 Å². The summed E-state index contributed by atoms with van der Waals surface area (Å²) >= 11 is 2.80. The van der Waals surface area contributed by atoms with E-state index < -0.39 is 29.4 Å². The number of aromatic carboxylic acids is 1. The highest BCUT2D eigenvalue weighted by atomic mass is 32.1. The van der Waals surface area contributed by atoms with Gasteiger partial charge in [-0.25, -0.2) is 19.4 Å². The van der Waals surface area contributed by atoms with E-state index in [0.717, 1.165) is 20.7 Å². The van der Waals surface area contributed by atoms with E-state index in [-0.39, 0.29) is 30.5 Å². The summed E-state index contributed by atoms with van der Waals surface area (Å²) < 4.78 is 11.9. The lowest BCUT2D eigenvalue weighted by Gasteiger charge is -2.30. The standard InChI is InChI=1S/C31H40N4O7S2/c1-17(2)35(29(40)42-31(6,7)8)14-12-23(36)33-26-24(25-32-20-15-18(27(37)38)9-10-21(20)43-25)19-11-13-34(16-22(19)44-26)28(39)41-30(3,4)5/h9-10,15,17H,11-14,16H2,1-8H3,(H,33,36)(H,37,38). The number of nitrogens with one attached hydrogen (secondary N) is 1. The minimum atomic E-state index is -1.04. The minimum absolute atomic E-state index is 0.0469. The first-order valence-corrected chi connectivity index (χ1v) is 16.1. The average molecular weight is 645 g/mol. The number of carbonyl (C=O) groups excluding carboxylic acids is 3. The number of carbonyl (C=O) groups is 4. The number of anilines is 1. The van der Waals surface area contributed by atoms with Gasteiger partial charge < -0.3 is 29.7 Å². The largest absolute Gasteiger partial charge is 0.478 e. The Kier molecular flexibility index (Phi) is 9.60. The van der Waals surface area contributed by atoms with Gasteiger partial charge in [-0.1, -0.05) is 0 Å². The first-order chi connectivity index (χ1) is 20.4. The number of amides is 3. The number of carboxylic acids is 1. The minimum Gasteiger partial charge on any atom is -0.478 e. The van der Waals surface area contributed by atoms with Crippen LogP contribution in [0.2, 0.25) is 0 Å².